The second-order valence-corrected chi connectivity index (χ2v) is 5.28. The summed E-state index contributed by atoms with van der Waals surface area (Å²) in [6, 6.07) is 1.96. The number of fused-ring (bicyclic) bond motifs is 1. The largest absolute Gasteiger partial charge is 0.315 e. The number of amides is 1. The van der Waals surface area contributed by atoms with Crippen LogP contribution in [0, 0.1) is 11.3 Å². The van der Waals surface area contributed by atoms with Crippen LogP contribution in [0.3, 0.4) is 0 Å². The summed E-state index contributed by atoms with van der Waals surface area (Å²) in [5.41, 5.74) is 1.81. The molecule has 1 unspecified atom stereocenters. The number of carbonyl (C=O) groups is 1. The van der Waals surface area contributed by atoms with Gasteiger partial charge in [0.2, 0.25) is 5.91 Å². The van der Waals surface area contributed by atoms with E-state index < -0.39 is 0 Å². The molecule has 0 spiro atoms. The van der Waals surface area contributed by atoms with Gasteiger partial charge in [0.25, 0.3) is 0 Å². The number of aryl methyl sites for hydroxylation is 1. The predicted molar refractivity (Wildman–Crippen MR) is 68.2 cm³/mol. The number of hydrogen-bond donors (Lipinski definition) is 2. The van der Waals surface area contributed by atoms with E-state index >= 15 is 0 Å². The summed E-state index contributed by atoms with van der Waals surface area (Å²) in [5, 5.41) is 15.6. The van der Waals surface area contributed by atoms with Crippen molar-refractivity contribution in [2.24, 2.45) is 0 Å². The average molecular weight is 249 g/mol. The minimum Gasteiger partial charge on any atom is -0.315 e. The van der Waals surface area contributed by atoms with Crippen LogP contribution in [0.25, 0.3) is 0 Å². The number of thiophene rings is 1. The Hall–Kier alpha value is -1.38. The van der Waals surface area contributed by atoms with Gasteiger partial charge in [0.1, 0.15) is 11.1 Å². The minimum atomic E-state index is -0.251. The van der Waals surface area contributed by atoms with Crippen molar-refractivity contribution in [2.75, 3.05) is 12.4 Å². The number of hydrogen-bond acceptors (Lipinski definition) is 4. The van der Waals surface area contributed by atoms with E-state index in [1.165, 1.54) is 4.88 Å². The summed E-state index contributed by atoms with van der Waals surface area (Å²) in [5.74, 6) is -0.0936. The molecule has 90 valence electrons. The molecule has 0 saturated carbocycles. The molecule has 0 radical (unpaired) electrons. The van der Waals surface area contributed by atoms with E-state index in [-0.39, 0.29) is 11.9 Å². The van der Waals surface area contributed by atoms with Crippen LogP contribution in [0.15, 0.2) is 0 Å². The summed E-state index contributed by atoms with van der Waals surface area (Å²) in [6.45, 7) is 1.79. The number of likely N-dealkylation sites (N-methyl/N-ethyl adjacent to an activating group) is 1. The van der Waals surface area contributed by atoms with Gasteiger partial charge in [0, 0.05) is 4.88 Å². The van der Waals surface area contributed by atoms with Crippen molar-refractivity contribution in [3.8, 4) is 6.07 Å². The third kappa shape index (κ3) is 2.19. The molecule has 1 aliphatic carbocycles. The van der Waals surface area contributed by atoms with E-state index in [2.05, 4.69) is 16.7 Å². The molecule has 2 rings (SSSR count). The number of nitrogens with one attached hydrogen (secondary N) is 2. The van der Waals surface area contributed by atoms with Crippen molar-refractivity contribution in [3.63, 3.8) is 0 Å². The van der Waals surface area contributed by atoms with Gasteiger partial charge in [-0.05, 0) is 38.8 Å². The number of nitrogens with zero attached hydrogens (tertiary/aromatic N) is 1. The maximum Gasteiger partial charge on any atom is 0.241 e. The van der Waals surface area contributed by atoms with Gasteiger partial charge in [-0.25, -0.2) is 0 Å². The lowest BCUT2D eigenvalue weighted by Crippen LogP contribution is -2.35. The standard InChI is InChI=1S/C12H15N3OS/c1-7(14-2)11(16)15-12-9(6-13)8-4-3-5-10(8)17-12/h7,14H,3-5H2,1-2H3,(H,15,16). The third-order valence-electron chi connectivity index (χ3n) is 3.10. The predicted octanol–water partition coefficient (Wildman–Crippen LogP) is 1.65. The molecule has 0 bridgehead atoms. The number of rotatable bonds is 3. The van der Waals surface area contributed by atoms with Gasteiger partial charge in [-0.3, -0.25) is 4.79 Å². The number of carbonyl (C=O) groups excluding carboxylic acids is 1. The van der Waals surface area contributed by atoms with Crippen molar-refractivity contribution in [2.45, 2.75) is 32.2 Å². The van der Waals surface area contributed by atoms with E-state index in [0.717, 1.165) is 24.8 Å². The molecule has 2 N–H and O–H groups in total. The van der Waals surface area contributed by atoms with Crippen LogP contribution in [0.5, 0.6) is 0 Å². The molecule has 1 heterocycles. The Morgan fingerprint density at radius 1 is 1.53 bits per heavy atom. The zero-order chi connectivity index (χ0) is 12.4. The molecular formula is C12H15N3OS. The molecule has 4 nitrogen and oxygen atoms in total. The first-order valence-electron chi connectivity index (χ1n) is 5.70. The summed E-state index contributed by atoms with van der Waals surface area (Å²) in [6.07, 6.45) is 3.12. The maximum absolute atomic E-state index is 11.8. The van der Waals surface area contributed by atoms with E-state index in [1.807, 2.05) is 0 Å². The molecule has 0 fully saturated rings. The van der Waals surface area contributed by atoms with E-state index in [1.54, 1.807) is 25.3 Å². The van der Waals surface area contributed by atoms with Gasteiger partial charge in [-0.15, -0.1) is 11.3 Å². The Kier molecular flexibility index (Phi) is 3.46. The van der Waals surface area contributed by atoms with Gasteiger partial charge in [-0.1, -0.05) is 0 Å². The van der Waals surface area contributed by atoms with Crippen molar-refractivity contribution < 1.29 is 4.79 Å². The SMILES string of the molecule is CNC(C)C(=O)Nc1sc2c(c1C#N)CCC2. The molecule has 17 heavy (non-hydrogen) atoms. The quantitative estimate of drug-likeness (QED) is 0.856. The first-order valence-corrected chi connectivity index (χ1v) is 6.51. The van der Waals surface area contributed by atoms with Crippen LogP contribution in [0.1, 0.15) is 29.3 Å². The molecular weight excluding hydrogens is 234 g/mol. The summed E-state index contributed by atoms with van der Waals surface area (Å²) in [7, 11) is 1.74. The van der Waals surface area contributed by atoms with Crippen molar-refractivity contribution >= 4 is 22.2 Å². The van der Waals surface area contributed by atoms with Crippen molar-refractivity contribution in [3.05, 3.63) is 16.0 Å². The van der Waals surface area contributed by atoms with Crippen LogP contribution < -0.4 is 10.6 Å². The van der Waals surface area contributed by atoms with Gasteiger partial charge < -0.3 is 10.6 Å². The van der Waals surface area contributed by atoms with Gasteiger partial charge in [-0.2, -0.15) is 5.26 Å². The Balaban J connectivity index is 2.23. The number of nitriles is 1. The highest BCUT2D eigenvalue weighted by molar-refractivity contribution is 7.16. The smallest absolute Gasteiger partial charge is 0.241 e. The average Bonchev–Trinajstić information content (AvgIpc) is 2.87. The normalized spacial score (nSPS) is 15.1. The third-order valence-corrected chi connectivity index (χ3v) is 4.30. The Morgan fingerprint density at radius 3 is 2.94 bits per heavy atom. The Labute approximate surface area is 105 Å². The maximum atomic E-state index is 11.8. The second kappa shape index (κ2) is 4.86. The molecule has 1 aliphatic rings. The Morgan fingerprint density at radius 2 is 2.29 bits per heavy atom. The van der Waals surface area contributed by atoms with E-state index in [4.69, 9.17) is 5.26 Å². The summed E-state index contributed by atoms with van der Waals surface area (Å²) >= 11 is 1.55. The van der Waals surface area contributed by atoms with Crippen molar-refractivity contribution in [1.29, 1.82) is 5.26 Å². The highest BCUT2D eigenvalue weighted by Gasteiger charge is 2.23. The van der Waals surface area contributed by atoms with Gasteiger partial charge >= 0.3 is 0 Å². The first-order chi connectivity index (χ1) is 8.17. The highest BCUT2D eigenvalue weighted by Crippen LogP contribution is 2.38. The second-order valence-electron chi connectivity index (χ2n) is 4.17. The number of anilines is 1. The van der Waals surface area contributed by atoms with Gasteiger partial charge in [0.15, 0.2) is 0 Å². The van der Waals surface area contributed by atoms with Crippen LogP contribution in [-0.4, -0.2) is 19.0 Å². The molecule has 1 atom stereocenters. The molecule has 0 aromatic carbocycles. The topological polar surface area (TPSA) is 64.9 Å². The summed E-state index contributed by atoms with van der Waals surface area (Å²) in [4.78, 5) is 13.0. The van der Waals surface area contributed by atoms with Crippen molar-refractivity contribution in [1.82, 2.24) is 5.32 Å². The van der Waals surface area contributed by atoms with Crippen LogP contribution in [0.2, 0.25) is 0 Å². The lowest BCUT2D eigenvalue weighted by atomic mass is 10.1. The minimum absolute atomic E-state index is 0.0936. The van der Waals surface area contributed by atoms with Gasteiger partial charge in [0.05, 0.1) is 11.6 Å². The fourth-order valence-corrected chi connectivity index (χ4v) is 3.20. The summed E-state index contributed by atoms with van der Waals surface area (Å²) < 4.78 is 0. The van der Waals surface area contributed by atoms with E-state index in [9.17, 15) is 4.79 Å². The molecule has 1 amide bonds. The first kappa shape index (κ1) is 12.1. The highest BCUT2D eigenvalue weighted by atomic mass is 32.1. The molecule has 1 aromatic rings. The molecule has 1 aromatic heterocycles. The molecule has 5 heteroatoms. The molecule has 0 saturated heterocycles. The fraction of sp³-hybridized carbons (Fsp3) is 0.500. The zero-order valence-electron chi connectivity index (χ0n) is 9.96. The fourth-order valence-electron chi connectivity index (χ4n) is 1.96. The van der Waals surface area contributed by atoms with E-state index in [0.29, 0.717) is 10.6 Å². The van der Waals surface area contributed by atoms with Crippen LogP contribution in [-0.2, 0) is 17.6 Å². The zero-order valence-corrected chi connectivity index (χ0v) is 10.8. The molecule has 0 aliphatic heterocycles. The lowest BCUT2D eigenvalue weighted by molar-refractivity contribution is -0.117. The van der Waals surface area contributed by atoms with Crippen LogP contribution in [0.4, 0.5) is 5.00 Å². The van der Waals surface area contributed by atoms with Crippen LogP contribution >= 0.6 is 11.3 Å². The Bertz CT molecular complexity index is 487. The monoisotopic (exact) mass is 249 g/mol. The lowest BCUT2D eigenvalue weighted by Gasteiger charge is -2.09.